The van der Waals surface area contributed by atoms with Crippen molar-refractivity contribution in [2.75, 3.05) is 6.54 Å². The van der Waals surface area contributed by atoms with Crippen LogP contribution in [-0.2, 0) is 11.3 Å². The van der Waals surface area contributed by atoms with Gasteiger partial charge in [-0.25, -0.2) is 4.68 Å². The fourth-order valence-electron chi connectivity index (χ4n) is 2.01. The van der Waals surface area contributed by atoms with Gasteiger partial charge in [-0.1, -0.05) is 15.9 Å². The largest absolute Gasteiger partial charge is 0.480 e. The smallest absolute Gasteiger partial charge is 0.317 e. The highest BCUT2D eigenvalue weighted by molar-refractivity contribution is 9.10. The summed E-state index contributed by atoms with van der Waals surface area (Å²) >= 11 is 3.40. The van der Waals surface area contributed by atoms with Gasteiger partial charge in [0.1, 0.15) is 0 Å². The molecule has 21 heavy (non-hydrogen) atoms. The number of aliphatic carboxylic acids is 1. The van der Waals surface area contributed by atoms with E-state index < -0.39 is 5.97 Å². The van der Waals surface area contributed by atoms with Crippen molar-refractivity contribution in [3.05, 3.63) is 46.7 Å². The molecule has 1 aromatic carbocycles. The molecule has 0 aliphatic carbocycles. The molecule has 2 rings (SSSR count). The molecule has 0 saturated carbocycles. The van der Waals surface area contributed by atoms with Crippen molar-refractivity contribution in [1.82, 2.24) is 14.7 Å². The van der Waals surface area contributed by atoms with Gasteiger partial charge in [-0.05, 0) is 38.1 Å². The Morgan fingerprint density at radius 3 is 2.62 bits per heavy atom. The Morgan fingerprint density at radius 2 is 2.05 bits per heavy atom. The molecule has 0 unspecified atom stereocenters. The number of carbonyl (C=O) groups is 1. The second-order valence-corrected chi connectivity index (χ2v) is 6.08. The zero-order chi connectivity index (χ0) is 15.4. The van der Waals surface area contributed by atoms with Crippen LogP contribution in [0.4, 0.5) is 0 Å². The van der Waals surface area contributed by atoms with E-state index in [0.29, 0.717) is 6.54 Å². The molecular weight excluding hydrogens is 334 g/mol. The minimum Gasteiger partial charge on any atom is -0.480 e. The summed E-state index contributed by atoms with van der Waals surface area (Å²) in [4.78, 5) is 12.8. The van der Waals surface area contributed by atoms with Gasteiger partial charge in [-0.2, -0.15) is 5.10 Å². The van der Waals surface area contributed by atoms with Gasteiger partial charge in [0.05, 0.1) is 18.4 Å². The van der Waals surface area contributed by atoms with Gasteiger partial charge in [0.2, 0.25) is 0 Å². The molecule has 6 heteroatoms. The molecule has 0 atom stereocenters. The van der Waals surface area contributed by atoms with Crippen LogP contribution < -0.4 is 0 Å². The van der Waals surface area contributed by atoms with Crippen molar-refractivity contribution < 1.29 is 9.90 Å². The van der Waals surface area contributed by atoms with Crippen LogP contribution in [0.15, 0.2) is 41.1 Å². The first-order chi connectivity index (χ1) is 9.95. The van der Waals surface area contributed by atoms with Crippen molar-refractivity contribution in [3.63, 3.8) is 0 Å². The van der Waals surface area contributed by atoms with E-state index in [1.807, 2.05) is 49.2 Å². The normalized spacial score (nSPS) is 11.3. The molecule has 0 aliphatic rings. The lowest BCUT2D eigenvalue weighted by molar-refractivity contribution is -0.138. The van der Waals surface area contributed by atoms with Crippen LogP contribution in [0.25, 0.3) is 5.69 Å². The number of aromatic nitrogens is 2. The molecule has 5 nitrogen and oxygen atoms in total. The van der Waals surface area contributed by atoms with E-state index >= 15 is 0 Å². The summed E-state index contributed by atoms with van der Waals surface area (Å²) in [5.41, 5.74) is 1.96. The quantitative estimate of drug-likeness (QED) is 0.869. The van der Waals surface area contributed by atoms with Gasteiger partial charge in [-0.3, -0.25) is 9.69 Å². The van der Waals surface area contributed by atoms with E-state index in [4.69, 9.17) is 5.11 Å². The van der Waals surface area contributed by atoms with E-state index in [1.165, 1.54) is 0 Å². The van der Waals surface area contributed by atoms with E-state index in [1.54, 1.807) is 10.9 Å². The number of carboxylic acids is 1. The summed E-state index contributed by atoms with van der Waals surface area (Å²) in [7, 11) is 0. The van der Waals surface area contributed by atoms with Gasteiger partial charge in [0, 0.05) is 28.8 Å². The number of rotatable bonds is 6. The molecule has 0 spiro atoms. The third-order valence-corrected chi connectivity index (χ3v) is 3.71. The van der Waals surface area contributed by atoms with E-state index in [0.717, 1.165) is 15.7 Å². The summed E-state index contributed by atoms with van der Waals surface area (Å²) in [5.74, 6) is -0.816. The third-order valence-electron chi connectivity index (χ3n) is 3.18. The van der Waals surface area contributed by atoms with E-state index in [2.05, 4.69) is 21.0 Å². The fourth-order valence-corrected chi connectivity index (χ4v) is 2.27. The summed E-state index contributed by atoms with van der Waals surface area (Å²) in [5, 5.41) is 13.3. The maximum Gasteiger partial charge on any atom is 0.317 e. The highest BCUT2D eigenvalue weighted by Gasteiger charge is 2.14. The minimum atomic E-state index is -0.816. The molecular formula is C15H18BrN3O2. The lowest BCUT2D eigenvalue weighted by Crippen LogP contribution is -2.34. The van der Waals surface area contributed by atoms with E-state index in [-0.39, 0.29) is 12.6 Å². The number of hydrogen-bond acceptors (Lipinski definition) is 3. The van der Waals surface area contributed by atoms with Crippen molar-refractivity contribution in [3.8, 4) is 5.69 Å². The molecule has 0 saturated heterocycles. The zero-order valence-corrected chi connectivity index (χ0v) is 13.6. The van der Waals surface area contributed by atoms with Gasteiger partial charge < -0.3 is 5.11 Å². The SMILES string of the molecule is CC(C)N(CC(=O)O)Cc1cnn(-c2ccc(Br)cc2)c1. The van der Waals surface area contributed by atoms with Crippen LogP contribution in [0, 0.1) is 0 Å². The highest BCUT2D eigenvalue weighted by Crippen LogP contribution is 2.15. The molecule has 1 N–H and O–H groups in total. The molecule has 0 fully saturated rings. The van der Waals surface area contributed by atoms with Crippen LogP contribution in [-0.4, -0.2) is 38.3 Å². The predicted molar refractivity (Wildman–Crippen MR) is 84.4 cm³/mol. The monoisotopic (exact) mass is 351 g/mol. The second kappa shape index (κ2) is 6.87. The van der Waals surface area contributed by atoms with Crippen molar-refractivity contribution in [1.29, 1.82) is 0 Å². The number of nitrogens with zero attached hydrogens (tertiary/aromatic N) is 3. The zero-order valence-electron chi connectivity index (χ0n) is 12.0. The summed E-state index contributed by atoms with van der Waals surface area (Å²) in [6.07, 6.45) is 3.71. The Balaban J connectivity index is 2.11. The van der Waals surface area contributed by atoms with Crippen molar-refractivity contribution in [2.24, 2.45) is 0 Å². The van der Waals surface area contributed by atoms with Crippen LogP contribution in [0.2, 0.25) is 0 Å². The summed E-state index contributed by atoms with van der Waals surface area (Å²) < 4.78 is 2.81. The first-order valence-corrected chi connectivity index (χ1v) is 7.50. The Morgan fingerprint density at radius 1 is 1.38 bits per heavy atom. The van der Waals surface area contributed by atoms with Gasteiger partial charge in [-0.15, -0.1) is 0 Å². The predicted octanol–water partition coefficient (Wildman–Crippen LogP) is 2.93. The lowest BCUT2D eigenvalue weighted by atomic mass is 10.2. The first kappa shape index (κ1) is 15.7. The minimum absolute atomic E-state index is 0.0289. The molecule has 2 aromatic rings. The highest BCUT2D eigenvalue weighted by atomic mass is 79.9. The van der Waals surface area contributed by atoms with Crippen molar-refractivity contribution >= 4 is 21.9 Å². The number of hydrogen-bond donors (Lipinski definition) is 1. The van der Waals surface area contributed by atoms with Gasteiger partial charge in [0.15, 0.2) is 0 Å². The fraction of sp³-hybridized carbons (Fsp3) is 0.333. The average molecular weight is 352 g/mol. The molecule has 0 radical (unpaired) electrons. The molecule has 1 aromatic heterocycles. The molecule has 0 amide bonds. The van der Waals surface area contributed by atoms with Crippen molar-refractivity contribution in [2.45, 2.75) is 26.4 Å². The van der Waals surface area contributed by atoms with Crippen LogP contribution >= 0.6 is 15.9 Å². The molecule has 0 aliphatic heterocycles. The maximum atomic E-state index is 10.9. The molecule has 112 valence electrons. The van der Waals surface area contributed by atoms with Gasteiger partial charge in [0.25, 0.3) is 0 Å². The summed E-state index contributed by atoms with van der Waals surface area (Å²) in [6.45, 7) is 4.58. The Bertz CT molecular complexity index is 608. The third kappa shape index (κ3) is 4.41. The lowest BCUT2D eigenvalue weighted by Gasteiger charge is -2.23. The first-order valence-electron chi connectivity index (χ1n) is 6.71. The Kier molecular flexibility index (Phi) is 5.14. The number of carboxylic acid groups (broad SMARTS) is 1. The average Bonchev–Trinajstić information content (AvgIpc) is 2.87. The maximum absolute atomic E-state index is 10.9. The van der Waals surface area contributed by atoms with Crippen LogP contribution in [0.3, 0.4) is 0 Å². The topological polar surface area (TPSA) is 58.4 Å². The van der Waals surface area contributed by atoms with Gasteiger partial charge >= 0.3 is 5.97 Å². The summed E-state index contributed by atoms with van der Waals surface area (Å²) in [6, 6.07) is 8.02. The van der Waals surface area contributed by atoms with E-state index in [9.17, 15) is 4.79 Å². The molecule has 1 heterocycles. The van der Waals surface area contributed by atoms with Crippen LogP contribution in [0.1, 0.15) is 19.4 Å². The number of halogens is 1. The number of benzene rings is 1. The second-order valence-electron chi connectivity index (χ2n) is 5.16. The standard InChI is InChI=1S/C15H18BrN3O2/c1-11(2)18(10-15(20)21)8-12-7-17-19(9-12)14-5-3-13(16)4-6-14/h3-7,9,11H,8,10H2,1-2H3,(H,20,21). The molecule has 0 bridgehead atoms. The van der Waals surface area contributed by atoms with Crippen LogP contribution in [0.5, 0.6) is 0 Å². The Labute approximate surface area is 132 Å². The Hall–Kier alpha value is -1.66.